The lowest BCUT2D eigenvalue weighted by Gasteiger charge is -2.14. The first kappa shape index (κ1) is 9.17. The van der Waals surface area contributed by atoms with Gasteiger partial charge in [-0.15, -0.1) is 0 Å². The fourth-order valence-electron chi connectivity index (χ4n) is 1.53. The fourth-order valence-corrected chi connectivity index (χ4v) is 1.53. The molecule has 0 bridgehead atoms. The lowest BCUT2D eigenvalue weighted by atomic mass is 10.1. The summed E-state index contributed by atoms with van der Waals surface area (Å²) in [6.45, 7) is 1.76. The lowest BCUT2D eigenvalue weighted by molar-refractivity contribution is -0.114. The number of hydrogen-bond donors (Lipinski definition) is 0. The van der Waals surface area contributed by atoms with Crippen molar-refractivity contribution in [3.05, 3.63) is 0 Å². The van der Waals surface area contributed by atoms with Crippen molar-refractivity contribution < 1.29 is 4.79 Å². The van der Waals surface area contributed by atoms with Gasteiger partial charge in [-0.3, -0.25) is 14.6 Å². The quantitative estimate of drug-likeness (QED) is 0.528. The predicted molar refractivity (Wildman–Crippen MR) is 44.3 cm³/mol. The Morgan fingerprint density at radius 1 is 1.67 bits per heavy atom. The van der Waals surface area contributed by atoms with Gasteiger partial charge in [0, 0.05) is 19.0 Å². The summed E-state index contributed by atoms with van der Waals surface area (Å²) in [5, 5.41) is 8.32. The number of Topliss-reactive ketones (excluding diaryl/α,β-unsaturated/α-hetero) is 1. The molecule has 66 valence electrons. The van der Waals surface area contributed by atoms with Gasteiger partial charge in [0.05, 0.1) is 6.67 Å². The van der Waals surface area contributed by atoms with Gasteiger partial charge in [0.1, 0.15) is 6.07 Å². The SMILES string of the molecule is CN1CC(CC(=O)C#N)N(C)C1. The van der Waals surface area contributed by atoms with Crippen LogP contribution in [-0.4, -0.2) is 48.9 Å². The van der Waals surface area contributed by atoms with E-state index >= 15 is 0 Å². The highest BCUT2D eigenvalue weighted by atomic mass is 16.1. The summed E-state index contributed by atoms with van der Waals surface area (Å²) in [7, 11) is 3.98. The van der Waals surface area contributed by atoms with E-state index in [1.807, 2.05) is 14.1 Å². The Bertz CT molecular complexity index is 221. The first-order valence-corrected chi connectivity index (χ1v) is 3.95. The summed E-state index contributed by atoms with van der Waals surface area (Å²) in [5.74, 6) is -0.317. The largest absolute Gasteiger partial charge is 0.292 e. The number of carbonyl (C=O) groups is 1. The van der Waals surface area contributed by atoms with Gasteiger partial charge in [-0.2, -0.15) is 5.26 Å². The van der Waals surface area contributed by atoms with Gasteiger partial charge in [0.15, 0.2) is 0 Å². The average Bonchev–Trinajstić information content (AvgIpc) is 2.30. The predicted octanol–water partition coefficient (Wildman–Crippen LogP) is -0.328. The normalized spacial score (nSPS) is 25.6. The van der Waals surface area contributed by atoms with E-state index in [1.165, 1.54) is 0 Å². The Morgan fingerprint density at radius 2 is 2.33 bits per heavy atom. The molecule has 1 fully saturated rings. The number of nitriles is 1. The highest BCUT2D eigenvalue weighted by Crippen LogP contribution is 2.11. The molecule has 12 heavy (non-hydrogen) atoms. The van der Waals surface area contributed by atoms with Gasteiger partial charge in [-0.1, -0.05) is 0 Å². The Hall–Kier alpha value is -0.920. The highest BCUT2D eigenvalue weighted by molar-refractivity contribution is 5.93. The summed E-state index contributed by atoms with van der Waals surface area (Å²) in [6, 6.07) is 1.87. The Labute approximate surface area is 72.4 Å². The van der Waals surface area contributed by atoms with Gasteiger partial charge < -0.3 is 0 Å². The minimum absolute atomic E-state index is 0.224. The first-order chi connectivity index (χ1) is 5.63. The smallest absolute Gasteiger partial charge is 0.233 e. The molecule has 1 atom stereocenters. The van der Waals surface area contributed by atoms with Crippen molar-refractivity contribution in [3.63, 3.8) is 0 Å². The van der Waals surface area contributed by atoms with Crippen LogP contribution in [0.5, 0.6) is 0 Å². The summed E-state index contributed by atoms with van der Waals surface area (Å²) in [5.41, 5.74) is 0. The van der Waals surface area contributed by atoms with Crippen LogP contribution in [0.4, 0.5) is 0 Å². The topological polar surface area (TPSA) is 47.3 Å². The molecular formula is C8H13N3O. The van der Waals surface area contributed by atoms with Crippen LogP contribution in [0.1, 0.15) is 6.42 Å². The Balaban J connectivity index is 2.44. The zero-order valence-electron chi connectivity index (χ0n) is 7.45. The average molecular weight is 167 g/mol. The van der Waals surface area contributed by atoms with E-state index in [4.69, 9.17) is 5.26 Å². The van der Waals surface area contributed by atoms with Crippen LogP contribution in [-0.2, 0) is 4.79 Å². The molecule has 0 aromatic carbocycles. The molecule has 1 rings (SSSR count). The van der Waals surface area contributed by atoms with E-state index in [1.54, 1.807) is 6.07 Å². The van der Waals surface area contributed by atoms with E-state index in [-0.39, 0.29) is 11.8 Å². The standard InChI is InChI=1S/C8H13N3O/c1-10-5-7(11(2)6-10)3-8(12)4-9/h7H,3,5-6H2,1-2H3. The molecule has 0 amide bonds. The molecule has 0 aromatic rings. The van der Waals surface area contributed by atoms with Gasteiger partial charge in [0.2, 0.25) is 5.78 Å². The summed E-state index contributed by atoms with van der Waals surface area (Å²) < 4.78 is 0. The van der Waals surface area contributed by atoms with E-state index in [0.29, 0.717) is 6.42 Å². The minimum Gasteiger partial charge on any atom is -0.292 e. The van der Waals surface area contributed by atoms with Crippen LogP contribution >= 0.6 is 0 Å². The summed E-state index contributed by atoms with van der Waals surface area (Å²) >= 11 is 0. The number of rotatable bonds is 2. The maximum Gasteiger partial charge on any atom is 0.233 e. The van der Waals surface area contributed by atoms with Crippen LogP contribution in [0.3, 0.4) is 0 Å². The number of likely N-dealkylation sites (N-methyl/N-ethyl adjacent to an activating group) is 2. The molecule has 4 nitrogen and oxygen atoms in total. The van der Waals surface area contributed by atoms with Crippen LogP contribution in [0.2, 0.25) is 0 Å². The molecule has 0 saturated carbocycles. The maximum absolute atomic E-state index is 10.8. The van der Waals surface area contributed by atoms with Crippen molar-refractivity contribution in [1.82, 2.24) is 9.80 Å². The molecule has 0 N–H and O–H groups in total. The molecule has 1 unspecified atom stereocenters. The second-order valence-corrected chi connectivity index (χ2v) is 3.33. The van der Waals surface area contributed by atoms with Crippen LogP contribution < -0.4 is 0 Å². The molecule has 4 heteroatoms. The fraction of sp³-hybridized carbons (Fsp3) is 0.750. The van der Waals surface area contributed by atoms with Crippen molar-refractivity contribution in [1.29, 1.82) is 5.26 Å². The molecule has 0 radical (unpaired) electrons. The summed E-state index contributed by atoms with van der Waals surface area (Å²) in [6.07, 6.45) is 0.358. The van der Waals surface area contributed by atoms with Crippen LogP contribution in [0, 0.1) is 11.3 Å². The minimum atomic E-state index is -0.317. The second-order valence-electron chi connectivity index (χ2n) is 3.33. The van der Waals surface area contributed by atoms with Gasteiger partial charge in [-0.05, 0) is 14.1 Å². The molecule has 0 aliphatic carbocycles. The zero-order valence-corrected chi connectivity index (χ0v) is 7.45. The molecule has 1 aliphatic heterocycles. The summed E-state index contributed by atoms with van der Waals surface area (Å²) in [4.78, 5) is 15.0. The third kappa shape index (κ3) is 2.03. The van der Waals surface area contributed by atoms with Crippen molar-refractivity contribution in [3.8, 4) is 6.07 Å². The van der Waals surface area contributed by atoms with Crippen LogP contribution in [0.15, 0.2) is 0 Å². The highest BCUT2D eigenvalue weighted by Gasteiger charge is 2.26. The molecule has 1 saturated heterocycles. The first-order valence-electron chi connectivity index (χ1n) is 3.95. The van der Waals surface area contributed by atoms with Crippen LogP contribution in [0.25, 0.3) is 0 Å². The third-order valence-corrected chi connectivity index (χ3v) is 2.16. The van der Waals surface area contributed by atoms with E-state index in [0.717, 1.165) is 13.2 Å². The van der Waals surface area contributed by atoms with Crippen molar-refractivity contribution in [2.45, 2.75) is 12.5 Å². The van der Waals surface area contributed by atoms with Gasteiger partial charge in [-0.25, -0.2) is 0 Å². The Morgan fingerprint density at radius 3 is 2.75 bits per heavy atom. The Kier molecular flexibility index (Phi) is 2.79. The van der Waals surface area contributed by atoms with Crippen molar-refractivity contribution >= 4 is 5.78 Å². The number of hydrogen-bond acceptors (Lipinski definition) is 4. The monoisotopic (exact) mass is 167 g/mol. The number of carbonyl (C=O) groups excluding carboxylic acids is 1. The molecule has 1 heterocycles. The second kappa shape index (κ2) is 3.65. The van der Waals surface area contributed by atoms with Gasteiger partial charge in [0.25, 0.3) is 0 Å². The third-order valence-electron chi connectivity index (χ3n) is 2.16. The maximum atomic E-state index is 10.8. The van der Waals surface area contributed by atoms with E-state index in [2.05, 4.69) is 9.80 Å². The van der Waals surface area contributed by atoms with Crippen molar-refractivity contribution in [2.24, 2.45) is 0 Å². The zero-order chi connectivity index (χ0) is 9.14. The molecule has 0 aromatic heterocycles. The molecule has 0 spiro atoms. The van der Waals surface area contributed by atoms with E-state index in [9.17, 15) is 4.79 Å². The van der Waals surface area contributed by atoms with Crippen molar-refractivity contribution in [2.75, 3.05) is 27.3 Å². The van der Waals surface area contributed by atoms with Gasteiger partial charge >= 0.3 is 0 Å². The van der Waals surface area contributed by atoms with E-state index < -0.39 is 0 Å². The number of ketones is 1. The molecule has 1 aliphatic rings. The lowest BCUT2D eigenvalue weighted by Crippen LogP contribution is -2.28. The molecular weight excluding hydrogens is 154 g/mol. The number of nitrogens with zero attached hydrogens (tertiary/aromatic N) is 3.